The van der Waals surface area contributed by atoms with Crippen molar-refractivity contribution in [3.8, 4) is 0 Å². The van der Waals surface area contributed by atoms with Gasteiger partial charge in [-0.1, -0.05) is 6.58 Å². The van der Waals surface area contributed by atoms with Crippen LogP contribution in [0.1, 0.15) is 12.8 Å². The van der Waals surface area contributed by atoms with E-state index in [2.05, 4.69) is 6.58 Å². The number of rotatable bonds is 5. The van der Waals surface area contributed by atoms with E-state index in [-0.39, 0.29) is 0 Å². The molecule has 0 radical (unpaired) electrons. The maximum Gasteiger partial charge on any atom is 0.330 e. The summed E-state index contributed by atoms with van der Waals surface area (Å²) in [5.74, 6) is -0.885. The second-order valence-corrected chi connectivity index (χ2v) is 3.05. The van der Waals surface area contributed by atoms with E-state index >= 15 is 0 Å². The molecule has 0 aliphatic heterocycles. The van der Waals surface area contributed by atoms with Crippen LogP contribution in [-0.4, -0.2) is 46.9 Å². The molecule has 2 N–H and O–H groups in total. The van der Waals surface area contributed by atoms with Gasteiger partial charge in [-0.15, -0.1) is 10.1 Å². The molecular formula is C8H16N2O5. The lowest BCUT2D eigenvalue weighted by Crippen LogP contribution is -2.13. The van der Waals surface area contributed by atoms with Crippen LogP contribution in [0.4, 0.5) is 0 Å². The summed E-state index contributed by atoms with van der Waals surface area (Å²) in [5.41, 5.74) is 0.298. The van der Waals surface area contributed by atoms with Crippen LogP contribution in [0.2, 0.25) is 0 Å². The highest BCUT2D eigenvalue weighted by Gasteiger charge is 2.02. The third-order valence-corrected chi connectivity index (χ3v) is 1.39. The molecule has 88 valence electrons. The van der Waals surface area contributed by atoms with Crippen LogP contribution in [0, 0.1) is 10.1 Å². The van der Waals surface area contributed by atoms with Gasteiger partial charge in [0.05, 0.1) is 0 Å². The Bertz CT molecular complexity index is 223. The summed E-state index contributed by atoms with van der Waals surface area (Å²) >= 11 is 0. The Hall–Kier alpha value is -1.63. The van der Waals surface area contributed by atoms with Gasteiger partial charge in [0, 0.05) is 5.57 Å². The molecule has 0 saturated carbocycles. The third-order valence-electron chi connectivity index (χ3n) is 1.39. The van der Waals surface area contributed by atoms with Crippen LogP contribution in [0.25, 0.3) is 0 Å². The average molecular weight is 220 g/mol. The first-order chi connectivity index (χ1) is 6.77. The van der Waals surface area contributed by atoms with Crippen molar-refractivity contribution < 1.29 is 20.2 Å². The molecule has 0 bridgehead atoms. The first-order valence-corrected chi connectivity index (χ1v) is 4.16. The Morgan fingerprint density at radius 2 is 1.93 bits per heavy atom. The molecule has 0 saturated heterocycles. The first kappa shape index (κ1) is 15.8. The lowest BCUT2D eigenvalue weighted by molar-refractivity contribution is -0.742. The zero-order valence-corrected chi connectivity index (χ0v) is 8.84. The zero-order chi connectivity index (χ0) is 12.4. The van der Waals surface area contributed by atoms with Gasteiger partial charge in [0.25, 0.3) is 5.09 Å². The summed E-state index contributed by atoms with van der Waals surface area (Å²) in [6.45, 7) is 4.34. The molecule has 7 nitrogen and oxygen atoms in total. The van der Waals surface area contributed by atoms with E-state index < -0.39 is 11.1 Å². The van der Waals surface area contributed by atoms with Crippen molar-refractivity contribution in [2.45, 2.75) is 12.8 Å². The smallest absolute Gasteiger partial charge is 0.330 e. The van der Waals surface area contributed by atoms with Crippen molar-refractivity contribution in [3.05, 3.63) is 22.3 Å². The molecule has 15 heavy (non-hydrogen) atoms. The standard InChI is InChI=1S/C8H15NO2.HNO3/c1-7(8(10)11)5-4-6-9(2)3;2-1(3)4/h1,4-6H2,2-3H3,(H,10,11);(H,2,3,4). The lowest BCUT2D eigenvalue weighted by atomic mass is 10.1. The molecule has 0 atom stereocenters. The van der Waals surface area contributed by atoms with Gasteiger partial charge in [0.2, 0.25) is 0 Å². The van der Waals surface area contributed by atoms with Crippen LogP contribution in [0.15, 0.2) is 12.2 Å². The van der Waals surface area contributed by atoms with Crippen molar-refractivity contribution in [2.75, 3.05) is 20.6 Å². The summed E-state index contributed by atoms with van der Waals surface area (Å²) in [5, 5.41) is 22.1. The Kier molecular flexibility index (Phi) is 9.44. The van der Waals surface area contributed by atoms with Gasteiger partial charge in [-0.2, -0.15) is 0 Å². The summed E-state index contributed by atoms with van der Waals surface area (Å²) in [7, 11) is 3.92. The Labute approximate surface area is 87.7 Å². The van der Waals surface area contributed by atoms with Crippen molar-refractivity contribution in [3.63, 3.8) is 0 Å². The molecule has 0 aliphatic carbocycles. The molecule has 0 heterocycles. The summed E-state index contributed by atoms with van der Waals surface area (Å²) < 4.78 is 0. The molecule has 0 amide bonds. The minimum Gasteiger partial charge on any atom is -0.478 e. The Morgan fingerprint density at radius 3 is 2.20 bits per heavy atom. The molecule has 0 aromatic rings. The summed E-state index contributed by atoms with van der Waals surface area (Å²) in [6.07, 6.45) is 1.44. The van der Waals surface area contributed by atoms with Gasteiger partial charge < -0.3 is 15.2 Å². The second kappa shape index (κ2) is 8.95. The number of hydrogen-bond donors (Lipinski definition) is 2. The van der Waals surface area contributed by atoms with Crippen molar-refractivity contribution in [2.24, 2.45) is 0 Å². The predicted octanol–water partition coefficient (Wildman–Crippen LogP) is 0.621. The van der Waals surface area contributed by atoms with E-state index in [9.17, 15) is 4.79 Å². The summed E-state index contributed by atoms with van der Waals surface area (Å²) in [6, 6.07) is 0. The van der Waals surface area contributed by atoms with E-state index in [4.69, 9.17) is 20.4 Å². The zero-order valence-electron chi connectivity index (χ0n) is 8.84. The molecule has 0 aromatic carbocycles. The predicted molar refractivity (Wildman–Crippen MR) is 53.3 cm³/mol. The number of aliphatic carboxylic acids is 1. The normalized spacial score (nSPS) is 9.00. The van der Waals surface area contributed by atoms with Crippen molar-refractivity contribution in [1.82, 2.24) is 4.90 Å². The van der Waals surface area contributed by atoms with Gasteiger partial charge in [-0.25, -0.2) is 4.79 Å². The highest BCUT2D eigenvalue weighted by molar-refractivity contribution is 5.85. The molecule has 0 spiro atoms. The molecule has 0 aromatic heterocycles. The monoisotopic (exact) mass is 220 g/mol. The third kappa shape index (κ3) is 19.0. The van der Waals surface area contributed by atoms with Crippen LogP contribution >= 0.6 is 0 Å². The van der Waals surface area contributed by atoms with E-state index in [1.807, 2.05) is 19.0 Å². The molecular weight excluding hydrogens is 204 g/mol. The number of carboxylic acid groups (broad SMARTS) is 1. The van der Waals surface area contributed by atoms with Crippen molar-refractivity contribution in [1.29, 1.82) is 0 Å². The van der Waals surface area contributed by atoms with Gasteiger partial charge in [-0.3, -0.25) is 0 Å². The number of nitrogens with zero attached hydrogens (tertiary/aromatic N) is 2. The van der Waals surface area contributed by atoms with Gasteiger partial charge >= 0.3 is 5.97 Å². The van der Waals surface area contributed by atoms with Crippen molar-refractivity contribution >= 4 is 5.97 Å². The highest BCUT2D eigenvalue weighted by atomic mass is 16.9. The fourth-order valence-corrected chi connectivity index (χ4v) is 0.716. The van der Waals surface area contributed by atoms with Gasteiger partial charge in [0.1, 0.15) is 0 Å². The number of hydrogen-bond acceptors (Lipinski definition) is 4. The topological polar surface area (TPSA) is 104 Å². The van der Waals surface area contributed by atoms with E-state index in [0.717, 1.165) is 13.0 Å². The molecule has 0 rings (SSSR count). The quantitative estimate of drug-likeness (QED) is 0.400. The van der Waals surface area contributed by atoms with E-state index in [1.54, 1.807) is 0 Å². The lowest BCUT2D eigenvalue weighted by Gasteiger charge is -2.08. The van der Waals surface area contributed by atoms with Crippen LogP contribution in [0.3, 0.4) is 0 Å². The molecule has 7 heteroatoms. The molecule has 0 aliphatic rings. The molecule has 0 unspecified atom stereocenters. The fourth-order valence-electron chi connectivity index (χ4n) is 0.716. The highest BCUT2D eigenvalue weighted by Crippen LogP contribution is 2.01. The maximum atomic E-state index is 10.3. The largest absolute Gasteiger partial charge is 0.478 e. The first-order valence-electron chi connectivity index (χ1n) is 4.16. The fraction of sp³-hybridized carbons (Fsp3) is 0.625. The number of carbonyl (C=O) groups is 1. The van der Waals surface area contributed by atoms with Gasteiger partial charge in [-0.05, 0) is 33.5 Å². The summed E-state index contributed by atoms with van der Waals surface area (Å²) in [4.78, 5) is 20.6. The van der Waals surface area contributed by atoms with Crippen LogP contribution in [0.5, 0.6) is 0 Å². The average Bonchev–Trinajstić information content (AvgIpc) is 2.01. The minimum atomic E-state index is -1.50. The SMILES string of the molecule is C=C(CCCN(C)C)C(=O)O.O=[N+]([O-])O. The second-order valence-electron chi connectivity index (χ2n) is 3.05. The minimum absolute atomic E-state index is 0.298. The molecule has 0 fully saturated rings. The van der Waals surface area contributed by atoms with Crippen LogP contribution < -0.4 is 0 Å². The van der Waals surface area contributed by atoms with Gasteiger partial charge in [0.15, 0.2) is 0 Å². The van der Waals surface area contributed by atoms with Crippen LogP contribution in [-0.2, 0) is 4.79 Å². The Balaban J connectivity index is 0. The maximum absolute atomic E-state index is 10.3. The van der Waals surface area contributed by atoms with E-state index in [1.165, 1.54) is 0 Å². The van der Waals surface area contributed by atoms with E-state index in [0.29, 0.717) is 12.0 Å². The number of carboxylic acids is 1. The Morgan fingerprint density at radius 1 is 1.53 bits per heavy atom.